The van der Waals surface area contributed by atoms with E-state index >= 15 is 0 Å². The van der Waals surface area contributed by atoms with Crippen molar-refractivity contribution < 1.29 is 4.79 Å². The first-order valence-electron chi connectivity index (χ1n) is 6.74. The second-order valence-electron chi connectivity index (χ2n) is 4.88. The van der Waals surface area contributed by atoms with Gasteiger partial charge in [0.25, 0.3) is 5.91 Å². The SMILES string of the molecule is CSCc1ccc(C(=O)NC(C)c2ccc(Br)cc2)cc1. The second kappa shape index (κ2) is 7.66. The molecule has 21 heavy (non-hydrogen) atoms. The van der Waals surface area contributed by atoms with Gasteiger partial charge in [0.05, 0.1) is 6.04 Å². The average Bonchev–Trinajstić information content (AvgIpc) is 2.49. The van der Waals surface area contributed by atoms with E-state index in [1.54, 1.807) is 11.8 Å². The zero-order valence-corrected chi connectivity index (χ0v) is 14.5. The fraction of sp³-hybridized carbons (Fsp3) is 0.235. The third-order valence-corrected chi connectivity index (χ3v) is 4.40. The van der Waals surface area contributed by atoms with Crippen LogP contribution in [0, 0.1) is 0 Å². The molecule has 0 bridgehead atoms. The zero-order chi connectivity index (χ0) is 15.2. The fourth-order valence-corrected chi connectivity index (χ4v) is 2.82. The summed E-state index contributed by atoms with van der Waals surface area (Å²) in [6, 6.07) is 15.8. The van der Waals surface area contributed by atoms with Crippen LogP contribution in [0.25, 0.3) is 0 Å². The van der Waals surface area contributed by atoms with E-state index in [1.165, 1.54) is 5.56 Å². The molecule has 0 aliphatic carbocycles. The number of amides is 1. The lowest BCUT2D eigenvalue weighted by Crippen LogP contribution is -2.26. The molecule has 0 spiro atoms. The van der Waals surface area contributed by atoms with E-state index in [0.717, 1.165) is 15.8 Å². The number of carbonyl (C=O) groups excluding carboxylic acids is 1. The van der Waals surface area contributed by atoms with E-state index in [-0.39, 0.29) is 11.9 Å². The summed E-state index contributed by atoms with van der Waals surface area (Å²) in [6.07, 6.45) is 2.07. The van der Waals surface area contributed by atoms with E-state index < -0.39 is 0 Å². The summed E-state index contributed by atoms with van der Waals surface area (Å²) in [4.78, 5) is 12.2. The lowest BCUT2D eigenvalue weighted by molar-refractivity contribution is 0.0940. The summed E-state index contributed by atoms with van der Waals surface area (Å²) in [5.41, 5.74) is 3.02. The first kappa shape index (κ1) is 16.1. The molecule has 0 aliphatic rings. The van der Waals surface area contributed by atoms with Gasteiger partial charge in [-0.3, -0.25) is 4.79 Å². The Kier molecular flexibility index (Phi) is 5.88. The minimum atomic E-state index is -0.0406. The number of thioether (sulfide) groups is 1. The van der Waals surface area contributed by atoms with Crippen LogP contribution in [0.3, 0.4) is 0 Å². The number of hydrogen-bond donors (Lipinski definition) is 1. The topological polar surface area (TPSA) is 29.1 Å². The third kappa shape index (κ3) is 4.61. The first-order valence-corrected chi connectivity index (χ1v) is 8.93. The Bertz CT molecular complexity index is 595. The molecular formula is C17H18BrNOS. The van der Waals surface area contributed by atoms with Crippen LogP contribution in [0.4, 0.5) is 0 Å². The van der Waals surface area contributed by atoms with E-state index in [9.17, 15) is 4.79 Å². The molecule has 1 unspecified atom stereocenters. The molecule has 2 rings (SSSR count). The third-order valence-electron chi connectivity index (χ3n) is 3.24. The highest BCUT2D eigenvalue weighted by molar-refractivity contribution is 9.10. The van der Waals surface area contributed by atoms with Crippen molar-refractivity contribution in [1.82, 2.24) is 5.32 Å². The largest absolute Gasteiger partial charge is 0.346 e. The molecule has 0 aliphatic heterocycles. The molecule has 0 aromatic heterocycles. The predicted octanol–water partition coefficient (Wildman–Crippen LogP) is 4.80. The van der Waals surface area contributed by atoms with E-state index in [1.807, 2.05) is 55.5 Å². The van der Waals surface area contributed by atoms with Crippen LogP contribution < -0.4 is 5.32 Å². The lowest BCUT2D eigenvalue weighted by Gasteiger charge is -2.14. The molecule has 2 aromatic carbocycles. The van der Waals surface area contributed by atoms with Crippen molar-refractivity contribution in [1.29, 1.82) is 0 Å². The maximum absolute atomic E-state index is 12.2. The quantitative estimate of drug-likeness (QED) is 0.826. The predicted molar refractivity (Wildman–Crippen MR) is 93.7 cm³/mol. The van der Waals surface area contributed by atoms with Crippen LogP contribution in [-0.4, -0.2) is 12.2 Å². The van der Waals surface area contributed by atoms with Gasteiger partial charge in [0, 0.05) is 15.8 Å². The Hall–Kier alpha value is -1.26. The maximum Gasteiger partial charge on any atom is 0.251 e. The van der Waals surface area contributed by atoms with Gasteiger partial charge in [-0.2, -0.15) is 11.8 Å². The van der Waals surface area contributed by atoms with Crippen LogP contribution in [0.15, 0.2) is 53.0 Å². The number of hydrogen-bond acceptors (Lipinski definition) is 2. The van der Waals surface area contributed by atoms with Gasteiger partial charge in [-0.15, -0.1) is 0 Å². The molecule has 0 radical (unpaired) electrons. The maximum atomic E-state index is 12.2. The molecule has 0 fully saturated rings. The monoisotopic (exact) mass is 363 g/mol. The summed E-state index contributed by atoms with van der Waals surface area (Å²) < 4.78 is 1.04. The molecule has 1 atom stereocenters. The normalized spacial score (nSPS) is 12.0. The summed E-state index contributed by atoms with van der Waals surface area (Å²) in [7, 11) is 0. The van der Waals surface area contributed by atoms with Crippen molar-refractivity contribution in [3.8, 4) is 0 Å². The van der Waals surface area contributed by atoms with Crippen molar-refractivity contribution in [2.24, 2.45) is 0 Å². The summed E-state index contributed by atoms with van der Waals surface area (Å²) in [5.74, 6) is 0.929. The van der Waals surface area contributed by atoms with Crippen LogP contribution in [-0.2, 0) is 5.75 Å². The van der Waals surface area contributed by atoms with Gasteiger partial charge < -0.3 is 5.32 Å². The van der Waals surface area contributed by atoms with Crippen molar-refractivity contribution in [2.45, 2.75) is 18.7 Å². The van der Waals surface area contributed by atoms with Crippen LogP contribution in [0.5, 0.6) is 0 Å². The minimum absolute atomic E-state index is 0.0172. The van der Waals surface area contributed by atoms with Gasteiger partial charge in [-0.1, -0.05) is 40.2 Å². The van der Waals surface area contributed by atoms with Crippen molar-refractivity contribution >= 4 is 33.6 Å². The summed E-state index contributed by atoms with van der Waals surface area (Å²) in [6.45, 7) is 1.99. The van der Waals surface area contributed by atoms with Crippen molar-refractivity contribution in [3.05, 3.63) is 69.7 Å². The van der Waals surface area contributed by atoms with E-state index in [0.29, 0.717) is 5.56 Å². The second-order valence-corrected chi connectivity index (χ2v) is 6.66. The number of carbonyl (C=O) groups is 1. The highest BCUT2D eigenvalue weighted by atomic mass is 79.9. The highest BCUT2D eigenvalue weighted by Crippen LogP contribution is 2.17. The molecule has 1 N–H and O–H groups in total. The minimum Gasteiger partial charge on any atom is -0.346 e. The smallest absolute Gasteiger partial charge is 0.251 e. The van der Waals surface area contributed by atoms with E-state index in [2.05, 4.69) is 27.5 Å². The Morgan fingerprint density at radius 1 is 1.14 bits per heavy atom. The van der Waals surface area contributed by atoms with E-state index in [4.69, 9.17) is 0 Å². The van der Waals surface area contributed by atoms with Gasteiger partial charge in [-0.25, -0.2) is 0 Å². The van der Waals surface area contributed by atoms with Crippen LogP contribution in [0.1, 0.15) is 34.5 Å². The van der Waals surface area contributed by atoms with Crippen molar-refractivity contribution in [2.75, 3.05) is 6.26 Å². The Morgan fingerprint density at radius 2 is 1.76 bits per heavy atom. The van der Waals surface area contributed by atoms with Crippen LogP contribution >= 0.6 is 27.7 Å². The number of halogens is 1. The molecule has 0 heterocycles. The molecule has 4 heteroatoms. The van der Waals surface area contributed by atoms with Gasteiger partial charge in [0.15, 0.2) is 0 Å². The van der Waals surface area contributed by atoms with Crippen LogP contribution in [0.2, 0.25) is 0 Å². The Balaban J connectivity index is 2.01. The number of benzene rings is 2. The first-order chi connectivity index (χ1) is 10.1. The zero-order valence-electron chi connectivity index (χ0n) is 12.1. The fourth-order valence-electron chi connectivity index (χ4n) is 2.03. The van der Waals surface area contributed by atoms with Crippen molar-refractivity contribution in [3.63, 3.8) is 0 Å². The lowest BCUT2D eigenvalue weighted by atomic mass is 10.1. The number of rotatable bonds is 5. The molecular weight excluding hydrogens is 346 g/mol. The van der Waals surface area contributed by atoms with Gasteiger partial charge >= 0.3 is 0 Å². The summed E-state index contributed by atoms with van der Waals surface area (Å²) >= 11 is 5.19. The Morgan fingerprint density at radius 3 is 2.33 bits per heavy atom. The molecule has 0 saturated carbocycles. The van der Waals surface area contributed by atoms with Gasteiger partial charge in [-0.05, 0) is 48.6 Å². The van der Waals surface area contributed by atoms with Gasteiger partial charge in [0.2, 0.25) is 0 Å². The average molecular weight is 364 g/mol. The van der Waals surface area contributed by atoms with Gasteiger partial charge in [0.1, 0.15) is 0 Å². The highest BCUT2D eigenvalue weighted by Gasteiger charge is 2.11. The molecule has 2 nitrogen and oxygen atoms in total. The summed E-state index contributed by atoms with van der Waals surface area (Å²) in [5, 5.41) is 3.02. The molecule has 0 saturated heterocycles. The number of nitrogens with one attached hydrogen (secondary N) is 1. The molecule has 110 valence electrons. The Labute approximate surface area is 138 Å². The molecule has 1 amide bonds. The standard InChI is InChI=1S/C17H18BrNOS/c1-12(14-7-9-16(18)10-8-14)19-17(20)15-5-3-13(4-6-15)11-21-2/h3-10,12H,11H2,1-2H3,(H,19,20). The molecule has 2 aromatic rings.